The summed E-state index contributed by atoms with van der Waals surface area (Å²) in [6, 6.07) is 7.85. The van der Waals surface area contributed by atoms with Crippen molar-refractivity contribution < 1.29 is 13.2 Å². The average Bonchev–Trinajstić information content (AvgIpc) is 2.47. The Labute approximate surface area is 119 Å². The number of hydrogen-bond donors (Lipinski definition) is 1. The second kappa shape index (κ2) is 5.90. The van der Waals surface area contributed by atoms with Crippen LogP contribution in [0.3, 0.4) is 0 Å². The molecule has 0 spiro atoms. The molecule has 0 radical (unpaired) electrons. The second-order valence-corrected chi connectivity index (χ2v) is 6.72. The maximum Gasteiger partial charge on any atom is 0.243 e. The molecule has 6 nitrogen and oxygen atoms in total. The second-order valence-electron chi connectivity index (χ2n) is 4.79. The zero-order valence-electron chi connectivity index (χ0n) is 11.6. The molecule has 1 atom stereocenters. The van der Waals surface area contributed by atoms with Crippen LogP contribution in [0.15, 0.2) is 35.2 Å². The molecule has 1 unspecified atom stereocenters. The molecule has 1 saturated heterocycles. The number of rotatable bonds is 3. The lowest BCUT2D eigenvalue weighted by Gasteiger charge is -2.37. The van der Waals surface area contributed by atoms with E-state index in [0.29, 0.717) is 13.1 Å². The SMILES string of the molecule is CNC(=O)C1CN(S(=O)(=O)c2ccccc2)CCN1C. The molecule has 0 aliphatic carbocycles. The molecule has 1 aromatic rings. The Morgan fingerprint density at radius 2 is 1.90 bits per heavy atom. The van der Waals surface area contributed by atoms with Crippen LogP contribution in [0.4, 0.5) is 0 Å². The van der Waals surface area contributed by atoms with E-state index >= 15 is 0 Å². The predicted octanol–water partition coefficient (Wildman–Crippen LogP) is -0.263. The van der Waals surface area contributed by atoms with E-state index in [4.69, 9.17) is 0 Å². The lowest BCUT2D eigenvalue weighted by molar-refractivity contribution is -0.126. The zero-order chi connectivity index (χ0) is 14.8. The van der Waals surface area contributed by atoms with Crippen LogP contribution >= 0.6 is 0 Å². The van der Waals surface area contributed by atoms with Gasteiger partial charge in [0.15, 0.2) is 0 Å². The lowest BCUT2D eigenvalue weighted by Crippen LogP contribution is -2.58. The van der Waals surface area contributed by atoms with Crippen molar-refractivity contribution in [2.24, 2.45) is 0 Å². The summed E-state index contributed by atoms with van der Waals surface area (Å²) in [6.07, 6.45) is 0. The fraction of sp³-hybridized carbons (Fsp3) is 0.462. The van der Waals surface area contributed by atoms with E-state index in [1.54, 1.807) is 37.4 Å². The van der Waals surface area contributed by atoms with Gasteiger partial charge in [-0.05, 0) is 19.2 Å². The van der Waals surface area contributed by atoms with Crippen LogP contribution in [0, 0.1) is 0 Å². The van der Waals surface area contributed by atoms with Crippen molar-refractivity contribution in [1.82, 2.24) is 14.5 Å². The highest BCUT2D eigenvalue weighted by molar-refractivity contribution is 7.89. The molecule has 1 aliphatic heterocycles. The molecule has 110 valence electrons. The van der Waals surface area contributed by atoms with Crippen LogP contribution in [0.1, 0.15) is 0 Å². The van der Waals surface area contributed by atoms with Gasteiger partial charge in [-0.25, -0.2) is 8.42 Å². The van der Waals surface area contributed by atoms with Gasteiger partial charge in [-0.1, -0.05) is 18.2 Å². The van der Waals surface area contributed by atoms with Gasteiger partial charge in [-0.2, -0.15) is 4.31 Å². The highest BCUT2D eigenvalue weighted by Crippen LogP contribution is 2.19. The minimum absolute atomic E-state index is 0.166. The van der Waals surface area contributed by atoms with Gasteiger partial charge in [0.25, 0.3) is 0 Å². The number of likely N-dealkylation sites (N-methyl/N-ethyl adjacent to an activating group) is 2. The lowest BCUT2D eigenvalue weighted by atomic mass is 10.2. The van der Waals surface area contributed by atoms with Crippen molar-refractivity contribution >= 4 is 15.9 Å². The molecule has 1 amide bonds. The summed E-state index contributed by atoms with van der Waals surface area (Å²) >= 11 is 0. The Hall–Kier alpha value is -1.44. The summed E-state index contributed by atoms with van der Waals surface area (Å²) in [5.74, 6) is -0.166. The Morgan fingerprint density at radius 3 is 2.50 bits per heavy atom. The third-order valence-corrected chi connectivity index (χ3v) is 5.42. The van der Waals surface area contributed by atoms with Gasteiger partial charge in [-0.3, -0.25) is 9.69 Å². The van der Waals surface area contributed by atoms with Crippen LogP contribution in [0.5, 0.6) is 0 Å². The van der Waals surface area contributed by atoms with E-state index in [0.717, 1.165) is 0 Å². The number of hydrogen-bond acceptors (Lipinski definition) is 4. The summed E-state index contributed by atoms with van der Waals surface area (Å²) in [4.78, 5) is 13.9. The van der Waals surface area contributed by atoms with Crippen LogP contribution < -0.4 is 5.32 Å². The predicted molar refractivity (Wildman–Crippen MR) is 75.7 cm³/mol. The van der Waals surface area contributed by atoms with Crippen LogP contribution in [0.2, 0.25) is 0 Å². The molecule has 1 N–H and O–H groups in total. The molecule has 1 aliphatic rings. The van der Waals surface area contributed by atoms with Crippen molar-refractivity contribution in [2.75, 3.05) is 33.7 Å². The summed E-state index contributed by atoms with van der Waals surface area (Å²) in [5, 5.41) is 2.57. The van der Waals surface area contributed by atoms with E-state index < -0.39 is 16.1 Å². The number of sulfonamides is 1. The van der Waals surface area contributed by atoms with E-state index in [2.05, 4.69) is 5.32 Å². The van der Waals surface area contributed by atoms with Gasteiger partial charge in [0, 0.05) is 26.7 Å². The van der Waals surface area contributed by atoms with E-state index in [9.17, 15) is 13.2 Å². The van der Waals surface area contributed by atoms with Crippen LogP contribution in [0.25, 0.3) is 0 Å². The standard InChI is InChI=1S/C13H19N3O3S/c1-14-13(17)12-10-16(9-8-15(12)2)20(18,19)11-6-4-3-5-7-11/h3-7,12H,8-10H2,1-2H3,(H,14,17). The summed E-state index contributed by atoms with van der Waals surface area (Å²) < 4.78 is 26.4. The number of carbonyl (C=O) groups excluding carboxylic acids is 1. The normalized spacial score (nSPS) is 21.6. The molecular weight excluding hydrogens is 278 g/mol. The number of nitrogens with one attached hydrogen (secondary N) is 1. The monoisotopic (exact) mass is 297 g/mol. The molecule has 20 heavy (non-hydrogen) atoms. The molecule has 2 rings (SSSR count). The van der Waals surface area contributed by atoms with Gasteiger partial charge in [0.2, 0.25) is 15.9 Å². The molecule has 1 fully saturated rings. The Balaban J connectivity index is 2.23. The third kappa shape index (κ3) is 2.84. The van der Waals surface area contributed by atoms with Crippen LogP contribution in [-0.2, 0) is 14.8 Å². The average molecular weight is 297 g/mol. The largest absolute Gasteiger partial charge is 0.358 e. The smallest absolute Gasteiger partial charge is 0.243 e. The highest BCUT2D eigenvalue weighted by Gasteiger charge is 2.35. The Kier molecular flexibility index (Phi) is 4.42. The number of amides is 1. The van der Waals surface area contributed by atoms with Gasteiger partial charge < -0.3 is 5.32 Å². The number of benzene rings is 1. The summed E-state index contributed by atoms with van der Waals surface area (Å²) in [6.45, 7) is 1.10. The number of carbonyl (C=O) groups is 1. The molecular formula is C13H19N3O3S. The Morgan fingerprint density at radius 1 is 1.25 bits per heavy atom. The first-order chi connectivity index (χ1) is 9.46. The molecule has 0 bridgehead atoms. The fourth-order valence-electron chi connectivity index (χ4n) is 2.26. The summed E-state index contributed by atoms with van der Waals surface area (Å²) in [5.41, 5.74) is 0. The van der Waals surface area contributed by atoms with E-state index in [1.165, 1.54) is 4.31 Å². The first kappa shape index (κ1) is 15.0. The van der Waals surface area contributed by atoms with Crippen molar-refractivity contribution in [2.45, 2.75) is 10.9 Å². The maximum absolute atomic E-state index is 12.5. The minimum atomic E-state index is -3.53. The fourth-order valence-corrected chi connectivity index (χ4v) is 3.72. The topological polar surface area (TPSA) is 69.7 Å². The molecule has 1 heterocycles. The third-order valence-electron chi connectivity index (χ3n) is 3.54. The maximum atomic E-state index is 12.5. The van der Waals surface area contributed by atoms with Gasteiger partial charge in [-0.15, -0.1) is 0 Å². The first-order valence-electron chi connectivity index (χ1n) is 6.44. The molecule has 0 saturated carbocycles. The number of nitrogens with zero attached hydrogens (tertiary/aromatic N) is 2. The van der Waals surface area contributed by atoms with Gasteiger partial charge in [0.05, 0.1) is 4.90 Å². The van der Waals surface area contributed by atoms with E-state index in [-0.39, 0.29) is 17.3 Å². The quantitative estimate of drug-likeness (QED) is 0.834. The van der Waals surface area contributed by atoms with Crippen molar-refractivity contribution in [3.8, 4) is 0 Å². The van der Waals surface area contributed by atoms with Crippen molar-refractivity contribution in [1.29, 1.82) is 0 Å². The molecule has 1 aromatic carbocycles. The van der Waals surface area contributed by atoms with Crippen molar-refractivity contribution in [3.05, 3.63) is 30.3 Å². The molecule has 0 aromatic heterocycles. The highest BCUT2D eigenvalue weighted by atomic mass is 32.2. The number of piperazine rings is 1. The van der Waals surface area contributed by atoms with E-state index in [1.807, 2.05) is 11.9 Å². The molecule has 7 heteroatoms. The van der Waals surface area contributed by atoms with Gasteiger partial charge >= 0.3 is 0 Å². The Bertz CT molecular complexity index is 574. The first-order valence-corrected chi connectivity index (χ1v) is 7.88. The summed E-state index contributed by atoms with van der Waals surface area (Å²) in [7, 11) is -0.151. The van der Waals surface area contributed by atoms with Crippen molar-refractivity contribution in [3.63, 3.8) is 0 Å². The minimum Gasteiger partial charge on any atom is -0.358 e. The van der Waals surface area contributed by atoms with Crippen LogP contribution in [-0.4, -0.2) is 63.3 Å². The zero-order valence-corrected chi connectivity index (χ0v) is 12.4. The van der Waals surface area contributed by atoms with Gasteiger partial charge in [0.1, 0.15) is 6.04 Å².